The van der Waals surface area contributed by atoms with Gasteiger partial charge >= 0.3 is 0 Å². The van der Waals surface area contributed by atoms with Crippen LogP contribution in [0.25, 0.3) is 0 Å². The molecule has 0 unspecified atom stereocenters. The Morgan fingerprint density at radius 1 is 1.00 bits per heavy atom. The third-order valence-electron chi connectivity index (χ3n) is 2.22. The van der Waals surface area contributed by atoms with Crippen molar-refractivity contribution in [2.75, 3.05) is 21.3 Å². The first-order valence-corrected chi connectivity index (χ1v) is 5.54. The third-order valence-corrected chi connectivity index (χ3v) is 2.22. The number of hydrogen-bond acceptors (Lipinski definition) is 4. The normalized spacial score (nSPS) is 10.3. The molecule has 0 aliphatic carbocycles. The second kappa shape index (κ2) is 5.65. The maximum absolute atomic E-state index is 5.83. The zero-order valence-corrected chi connectivity index (χ0v) is 11.5. The van der Waals surface area contributed by atoms with E-state index in [9.17, 15) is 0 Å². The molecule has 0 saturated carbocycles. The van der Waals surface area contributed by atoms with Crippen molar-refractivity contribution in [2.24, 2.45) is 5.73 Å². The lowest BCUT2D eigenvalue weighted by molar-refractivity contribution is 0.324. The number of methoxy groups -OCH3 is 3. The number of nitrogens with two attached hydrogens (primary N) is 1. The Kier molecular flexibility index (Phi) is 4.46. The minimum atomic E-state index is -0.557. The van der Waals surface area contributed by atoms with Gasteiger partial charge in [-0.25, -0.2) is 0 Å². The third kappa shape index (κ3) is 3.31. The predicted molar refractivity (Wildman–Crippen MR) is 71.2 cm³/mol. The molecule has 0 fully saturated rings. The van der Waals surface area contributed by atoms with Crippen LogP contribution in [0.1, 0.15) is 19.4 Å². The summed E-state index contributed by atoms with van der Waals surface area (Å²) in [7, 11) is 4.70. The van der Waals surface area contributed by atoms with Gasteiger partial charge in [-0.05, 0) is 26.0 Å². The van der Waals surface area contributed by atoms with E-state index in [1.807, 2.05) is 19.9 Å². The number of hydrogen-bond donors (Lipinski definition) is 1. The minimum Gasteiger partial charge on any atom is -0.493 e. The van der Waals surface area contributed by atoms with E-state index in [2.05, 4.69) is 11.8 Å². The van der Waals surface area contributed by atoms with E-state index in [0.717, 1.165) is 0 Å². The highest BCUT2D eigenvalue weighted by Crippen LogP contribution is 2.39. The van der Waals surface area contributed by atoms with Gasteiger partial charge < -0.3 is 19.9 Å². The van der Waals surface area contributed by atoms with Crippen LogP contribution in [0.3, 0.4) is 0 Å². The van der Waals surface area contributed by atoms with Gasteiger partial charge in [-0.1, -0.05) is 11.8 Å². The lowest BCUT2D eigenvalue weighted by Gasteiger charge is -2.13. The molecule has 0 spiro atoms. The van der Waals surface area contributed by atoms with Crippen LogP contribution in [-0.4, -0.2) is 26.9 Å². The average Bonchev–Trinajstić information content (AvgIpc) is 2.33. The van der Waals surface area contributed by atoms with Crippen LogP contribution in [0, 0.1) is 11.8 Å². The van der Waals surface area contributed by atoms with Crippen LogP contribution in [0.2, 0.25) is 0 Å². The van der Waals surface area contributed by atoms with Crippen molar-refractivity contribution in [1.82, 2.24) is 0 Å². The quantitative estimate of drug-likeness (QED) is 0.830. The highest BCUT2D eigenvalue weighted by atomic mass is 16.5. The lowest BCUT2D eigenvalue weighted by Crippen LogP contribution is -2.29. The van der Waals surface area contributed by atoms with E-state index >= 15 is 0 Å². The van der Waals surface area contributed by atoms with Crippen LogP contribution in [-0.2, 0) is 0 Å². The van der Waals surface area contributed by atoms with Crippen LogP contribution >= 0.6 is 0 Å². The zero-order chi connectivity index (χ0) is 13.8. The minimum absolute atomic E-state index is 0.529. The summed E-state index contributed by atoms with van der Waals surface area (Å²) in [5.41, 5.74) is 5.99. The molecule has 0 bridgehead atoms. The summed E-state index contributed by atoms with van der Waals surface area (Å²) >= 11 is 0. The summed E-state index contributed by atoms with van der Waals surface area (Å²) in [5, 5.41) is 0. The Hall–Kier alpha value is -1.86. The molecule has 0 aromatic heterocycles. The molecule has 1 aromatic rings. The topological polar surface area (TPSA) is 53.7 Å². The van der Waals surface area contributed by atoms with Gasteiger partial charge in [0.15, 0.2) is 11.5 Å². The predicted octanol–water partition coefficient (Wildman–Crippen LogP) is 1.80. The van der Waals surface area contributed by atoms with Crippen LogP contribution in [0.5, 0.6) is 17.2 Å². The van der Waals surface area contributed by atoms with Crippen molar-refractivity contribution < 1.29 is 14.2 Å². The largest absolute Gasteiger partial charge is 0.493 e. The molecule has 98 valence electrons. The highest BCUT2D eigenvalue weighted by Gasteiger charge is 2.15. The fourth-order valence-corrected chi connectivity index (χ4v) is 1.43. The van der Waals surface area contributed by atoms with Crippen molar-refractivity contribution in [3.05, 3.63) is 17.7 Å². The van der Waals surface area contributed by atoms with Crippen molar-refractivity contribution in [1.29, 1.82) is 0 Å². The summed E-state index contributed by atoms with van der Waals surface area (Å²) in [5.74, 6) is 7.63. The summed E-state index contributed by atoms with van der Waals surface area (Å²) in [6.45, 7) is 3.68. The Labute approximate surface area is 108 Å². The molecule has 0 saturated heterocycles. The molecule has 0 atom stereocenters. The van der Waals surface area contributed by atoms with Crippen molar-refractivity contribution in [3.63, 3.8) is 0 Å². The Morgan fingerprint density at radius 3 is 2.06 bits per heavy atom. The molecule has 1 rings (SSSR count). The molecule has 1 aromatic carbocycles. The lowest BCUT2D eigenvalue weighted by atomic mass is 10.1. The van der Waals surface area contributed by atoms with Crippen LogP contribution in [0.15, 0.2) is 12.1 Å². The van der Waals surface area contributed by atoms with E-state index in [1.165, 1.54) is 0 Å². The molecule has 0 amide bonds. The Balaban J connectivity index is 3.32. The molecule has 2 N–H and O–H groups in total. The first-order chi connectivity index (χ1) is 8.42. The summed E-state index contributed by atoms with van der Waals surface area (Å²) in [4.78, 5) is 0. The van der Waals surface area contributed by atoms with Gasteiger partial charge in [0.25, 0.3) is 0 Å². The first-order valence-electron chi connectivity index (χ1n) is 5.54. The van der Waals surface area contributed by atoms with Crippen molar-refractivity contribution >= 4 is 0 Å². The van der Waals surface area contributed by atoms with Gasteiger partial charge in [-0.15, -0.1) is 0 Å². The molecule has 18 heavy (non-hydrogen) atoms. The van der Waals surface area contributed by atoms with E-state index in [4.69, 9.17) is 19.9 Å². The molecular weight excluding hydrogens is 230 g/mol. The van der Waals surface area contributed by atoms with Crippen LogP contribution < -0.4 is 19.9 Å². The van der Waals surface area contributed by atoms with Gasteiger partial charge in [0.05, 0.1) is 32.4 Å². The molecule has 4 nitrogen and oxygen atoms in total. The van der Waals surface area contributed by atoms with Gasteiger partial charge in [-0.2, -0.15) is 0 Å². The van der Waals surface area contributed by atoms with Gasteiger partial charge in [-0.3, -0.25) is 0 Å². The van der Waals surface area contributed by atoms with Crippen LogP contribution in [0.4, 0.5) is 0 Å². The molecule has 0 radical (unpaired) electrons. The standard InChI is InChI=1S/C14H19NO3/c1-14(2,15)9-8-10-6-7-11(16-3)13(18-5)12(10)17-4/h6-7H,15H2,1-5H3. The van der Waals surface area contributed by atoms with E-state index in [-0.39, 0.29) is 0 Å². The van der Waals surface area contributed by atoms with Gasteiger partial charge in [0.1, 0.15) is 0 Å². The number of benzene rings is 1. The number of ether oxygens (including phenoxy) is 3. The molecule has 0 aliphatic heterocycles. The molecule has 4 heteroatoms. The van der Waals surface area contributed by atoms with Gasteiger partial charge in [0, 0.05) is 0 Å². The fraction of sp³-hybridized carbons (Fsp3) is 0.429. The molecule has 0 aliphatic rings. The Bertz CT molecular complexity index is 478. The molecule has 0 heterocycles. The summed E-state index contributed by atoms with van der Waals surface area (Å²) in [6, 6.07) is 3.60. The second-order valence-electron chi connectivity index (χ2n) is 4.35. The smallest absolute Gasteiger partial charge is 0.204 e. The summed E-state index contributed by atoms with van der Waals surface area (Å²) in [6.07, 6.45) is 0. The van der Waals surface area contributed by atoms with Crippen molar-refractivity contribution in [3.8, 4) is 29.1 Å². The fourth-order valence-electron chi connectivity index (χ4n) is 1.43. The maximum atomic E-state index is 5.83. The summed E-state index contributed by atoms with van der Waals surface area (Å²) < 4.78 is 15.8. The van der Waals surface area contributed by atoms with Crippen molar-refractivity contribution in [2.45, 2.75) is 19.4 Å². The van der Waals surface area contributed by atoms with E-state index in [1.54, 1.807) is 27.4 Å². The second-order valence-corrected chi connectivity index (χ2v) is 4.35. The maximum Gasteiger partial charge on any atom is 0.204 e. The molecular formula is C14H19NO3. The highest BCUT2D eigenvalue weighted by molar-refractivity contribution is 5.61. The first kappa shape index (κ1) is 14.2. The monoisotopic (exact) mass is 249 g/mol. The number of rotatable bonds is 3. The zero-order valence-electron chi connectivity index (χ0n) is 11.5. The Morgan fingerprint density at radius 2 is 1.61 bits per heavy atom. The average molecular weight is 249 g/mol. The van der Waals surface area contributed by atoms with E-state index < -0.39 is 5.54 Å². The SMILES string of the molecule is COc1ccc(C#CC(C)(C)N)c(OC)c1OC. The van der Waals surface area contributed by atoms with Gasteiger partial charge in [0.2, 0.25) is 5.75 Å². The van der Waals surface area contributed by atoms with E-state index in [0.29, 0.717) is 22.8 Å².